The van der Waals surface area contributed by atoms with Crippen LogP contribution in [0, 0.1) is 5.82 Å². The molecule has 1 aromatic heterocycles. The van der Waals surface area contributed by atoms with Gasteiger partial charge in [0.25, 0.3) is 0 Å². The van der Waals surface area contributed by atoms with Gasteiger partial charge in [-0.25, -0.2) is 22.5 Å². The van der Waals surface area contributed by atoms with Crippen molar-refractivity contribution in [2.24, 2.45) is 0 Å². The molecule has 40 heavy (non-hydrogen) atoms. The molecule has 0 bridgehead atoms. The van der Waals surface area contributed by atoms with Crippen LogP contribution in [0.4, 0.5) is 4.39 Å². The highest BCUT2D eigenvalue weighted by atomic mass is 35.5. The Balaban J connectivity index is 1.49. The van der Waals surface area contributed by atoms with Gasteiger partial charge < -0.3 is 9.15 Å². The van der Waals surface area contributed by atoms with Gasteiger partial charge in [-0.15, -0.1) is 11.6 Å². The number of aromatic nitrogens is 1. The van der Waals surface area contributed by atoms with E-state index in [-0.39, 0.29) is 24.2 Å². The maximum Gasteiger partial charge on any atom is 0.208 e. The zero-order valence-electron chi connectivity index (χ0n) is 21.9. The van der Waals surface area contributed by atoms with Gasteiger partial charge in [-0.3, -0.25) is 0 Å². The number of nitrogens with one attached hydrogen (secondary N) is 1. The van der Waals surface area contributed by atoms with Crippen LogP contribution in [0.2, 0.25) is 5.02 Å². The minimum Gasteiger partial charge on any atom is -0.487 e. The Hall–Kier alpha value is -2.91. The molecule has 6 nitrogen and oxygen atoms in total. The fourth-order valence-electron chi connectivity index (χ4n) is 5.43. The van der Waals surface area contributed by atoms with E-state index in [1.165, 1.54) is 12.3 Å². The molecule has 10 heteroatoms. The van der Waals surface area contributed by atoms with Gasteiger partial charge in [0.2, 0.25) is 15.9 Å². The fraction of sp³-hybridized carbons (Fsp3) is 0.300. The summed E-state index contributed by atoms with van der Waals surface area (Å²) < 4.78 is 53.9. The second-order valence-corrected chi connectivity index (χ2v) is 12.7. The predicted octanol–water partition coefficient (Wildman–Crippen LogP) is 7.03. The molecule has 0 radical (unpaired) electrons. The maximum atomic E-state index is 15.4. The van der Waals surface area contributed by atoms with Crippen molar-refractivity contribution < 1.29 is 22.0 Å². The summed E-state index contributed by atoms with van der Waals surface area (Å²) in [6, 6.07) is 19.8. The Labute approximate surface area is 243 Å². The molecule has 1 aliphatic carbocycles. The first kappa shape index (κ1) is 28.6. The number of nitrogens with zero attached hydrogens (tertiary/aromatic N) is 1. The van der Waals surface area contributed by atoms with Gasteiger partial charge in [-0.1, -0.05) is 60.1 Å². The van der Waals surface area contributed by atoms with Crippen molar-refractivity contribution in [3.8, 4) is 16.9 Å². The quantitative estimate of drug-likeness (QED) is 0.197. The van der Waals surface area contributed by atoms with Crippen LogP contribution < -0.4 is 9.46 Å². The number of alkyl halides is 1. The summed E-state index contributed by atoms with van der Waals surface area (Å²) in [4.78, 5) is 4.56. The molecule has 0 amide bonds. The van der Waals surface area contributed by atoms with Crippen molar-refractivity contribution in [3.05, 3.63) is 107 Å². The summed E-state index contributed by atoms with van der Waals surface area (Å²) in [5, 5.41) is 0.453. The molecular formula is C30H29Cl2FN2O4S. The van der Waals surface area contributed by atoms with E-state index in [9.17, 15) is 8.42 Å². The topological polar surface area (TPSA) is 81.4 Å². The van der Waals surface area contributed by atoms with E-state index in [0.29, 0.717) is 53.8 Å². The molecule has 0 spiro atoms. The van der Waals surface area contributed by atoms with E-state index in [1.807, 2.05) is 42.5 Å². The number of benzene rings is 3. The molecule has 5 rings (SSSR count). The SMILES string of the molecule is CS(=O)(=O)N[C@H]1CC[C@](Cc2cc(-c3cccc(Cl)c3OCc3ccccc3)ccc2F)(c2nc(CCl)co2)C1. The summed E-state index contributed by atoms with van der Waals surface area (Å²) >= 11 is 12.5. The standard InChI is InChI=1S/C30H29Cl2FN2O4S/c1-40(36,37)35-23-12-13-30(16-23,29-34-24(17-31)19-39-29)15-22-14-21(10-11-27(22)33)25-8-5-9-26(32)28(25)38-18-20-6-3-2-4-7-20/h2-11,14,19,23,35H,12-13,15-18H2,1H3/t23-,30+/m0/s1. The number of hydrogen-bond donors (Lipinski definition) is 1. The van der Waals surface area contributed by atoms with Crippen LogP contribution in [0.3, 0.4) is 0 Å². The molecule has 4 aromatic rings. The molecule has 3 aromatic carbocycles. The minimum absolute atomic E-state index is 0.176. The van der Waals surface area contributed by atoms with Crippen molar-refractivity contribution in [3.63, 3.8) is 0 Å². The second-order valence-electron chi connectivity index (χ2n) is 10.3. The van der Waals surface area contributed by atoms with Crippen LogP contribution in [-0.4, -0.2) is 25.7 Å². The molecule has 2 atom stereocenters. The first-order chi connectivity index (χ1) is 19.2. The lowest BCUT2D eigenvalue weighted by Crippen LogP contribution is -2.35. The van der Waals surface area contributed by atoms with Gasteiger partial charge in [0, 0.05) is 11.6 Å². The van der Waals surface area contributed by atoms with E-state index in [2.05, 4.69) is 9.71 Å². The highest BCUT2D eigenvalue weighted by Crippen LogP contribution is 2.45. The third-order valence-corrected chi connectivity index (χ3v) is 8.54. The van der Waals surface area contributed by atoms with Crippen LogP contribution in [0.15, 0.2) is 77.4 Å². The van der Waals surface area contributed by atoms with Crippen molar-refractivity contribution in [2.75, 3.05) is 6.26 Å². The monoisotopic (exact) mass is 602 g/mol. The fourth-order valence-corrected chi connectivity index (χ4v) is 6.59. The molecule has 1 saturated carbocycles. The van der Waals surface area contributed by atoms with Gasteiger partial charge in [0.15, 0.2) is 0 Å². The molecule has 210 valence electrons. The average molecular weight is 604 g/mol. The maximum absolute atomic E-state index is 15.4. The zero-order chi connectivity index (χ0) is 28.3. The normalized spacial score (nSPS) is 19.1. The Morgan fingerprint density at radius 2 is 1.95 bits per heavy atom. The van der Waals surface area contributed by atoms with E-state index in [0.717, 1.165) is 22.9 Å². The number of sulfonamides is 1. The van der Waals surface area contributed by atoms with Crippen LogP contribution >= 0.6 is 23.2 Å². The molecule has 0 aliphatic heterocycles. The zero-order valence-corrected chi connectivity index (χ0v) is 24.2. The van der Waals surface area contributed by atoms with Gasteiger partial charge in [-0.2, -0.15) is 0 Å². The average Bonchev–Trinajstić information content (AvgIpc) is 3.57. The van der Waals surface area contributed by atoms with Crippen LogP contribution in [0.1, 0.15) is 42.0 Å². The summed E-state index contributed by atoms with van der Waals surface area (Å²) in [6.07, 6.45) is 4.44. The molecule has 1 heterocycles. The van der Waals surface area contributed by atoms with Crippen molar-refractivity contribution >= 4 is 33.2 Å². The Morgan fingerprint density at radius 3 is 2.67 bits per heavy atom. The van der Waals surface area contributed by atoms with Gasteiger partial charge in [-0.05, 0) is 60.6 Å². The van der Waals surface area contributed by atoms with E-state index < -0.39 is 15.4 Å². The number of rotatable bonds is 10. The summed E-state index contributed by atoms with van der Waals surface area (Å²) in [7, 11) is -3.42. The second kappa shape index (κ2) is 11.9. The lowest BCUT2D eigenvalue weighted by Gasteiger charge is -2.27. The molecule has 1 fully saturated rings. The number of hydrogen-bond acceptors (Lipinski definition) is 5. The number of halogens is 3. The number of para-hydroxylation sites is 1. The highest BCUT2D eigenvalue weighted by Gasteiger charge is 2.45. The molecule has 0 unspecified atom stereocenters. The van der Waals surface area contributed by atoms with Crippen LogP contribution in [-0.2, 0) is 34.3 Å². The number of oxazole rings is 1. The third kappa shape index (κ3) is 6.52. The Bertz CT molecular complexity index is 1600. The van der Waals surface area contributed by atoms with E-state index >= 15 is 4.39 Å². The highest BCUT2D eigenvalue weighted by molar-refractivity contribution is 7.88. The summed E-state index contributed by atoms with van der Waals surface area (Å²) in [5.74, 6) is 0.744. The molecule has 1 aliphatic rings. The Kier molecular flexibility index (Phi) is 8.52. The van der Waals surface area contributed by atoms with Gasteiger partial charge >= 0.3 is 0 Å². The summed E-state index contributed by atoms with van der Waals surface area (Å²) in [5.41, 5.74) is 2.79. The van der Waals surface area contributed by atoms with Crippen molar-refractivity contribution in [1.82, 2.24) is 9.71 Å². The minimum atomic E-state index is -3.42. The molecule has 1 N–H and O–H groups in total. The third-order valence-electron chi connectivity index (χ3n) is 7.21. The lowest BCUT2D eigenvalue weighted by atomic mass is 9.79. The van der Waals surface area contributed by atoms with Crippen molar-refractivity contribution in [1.29, 1.82) is 0 Å². The molecule has 0 saturated heterocycles. The first-order valence-corrected chi connectivity index (χ1v) is 15.7. The van der Waals surface area contributed by atoms with E-state index in [4.69, 9.17) is 32.4 Å². The van der Waals surface area contributed by atoms with Gasteiger partial charge in [0.05, 0.1) is 28.3 Å². The summed E-state index contributed by atoms with van der Waals surface area (Å²) in [6.45, 7) is 0.330. The predicted molar refractivity (Wildman–Crippen MR) is 155 cm³/mol. The smallest absolute Gasteiger partial charge is 0.208 e. The Morgan fingerprint density at radius 1 is 1.15 bits per heavy atom. The largest absolute Gasteiger partial charge is 0.487 e. The van der Waals surface area contributed by atoms with Crippen LogP contribution in [0.5, 0.6) is 5.75 Å². The number of ether oxygens (including phenoxy) is 1. The first-order valence-electron chi connectivity index (χ1n) is 12.9. The van der Waals surface area contributed by atoms with Crippen LogP contribution in [0.25, 0.3) is 11.1 Å². The van der Waals surface area contributed by atoms with Crippen molar-refractivity contribution in [2.45, 2.75) is 49.6 Å². The lowest BCUT2D eigenvalue weighted by molar-refractivity contribution is 0.307. The van der Waals surface area contributed by atoms with Gasteiger partial charge in [0.1, 0.15) is 24.4 Å². The van der Waals surface area contributed by atoms with E-state index in [1.54, 1.807) is 18.2 Å². The molecular weight excluding hydrogens is 574 g/mol.